The van der Waals surface area contributed by atoms with Crippen LogP contribution in [0.25, 0.3) is 0 Å². The first kappa shape index (κ1) is 22.0. The molecular weight excluding hydrogens is 388 g/mol. The smallest absolute Gasteiger partial charge is 0.229 e. The van der Waals surface area contributed by atoms with Crippen molar-refractivity contribution in [1.29, 1.82) is 0 Å². The second kappa shape index (κ2) is 8.60. The van der Waals surface area contributed by atoms with Gasteiger partial charge in [-0.05, 0) is 37.5 Å². The molecule has 1 aliphatic heterocycles. The topological polar surface area (TPSA) is 72.5 Å². The molecule has 7 nitrogen and oxygen atoms in total. The zero-order chi connectivity index (χ0) is 22.1. The van der Waals surface area contributed by atoms with Gasteiger partial charge in [0.25, 0.3) is 0 Å². The van der Waals surface area contributed by atoms with Crippen molar-refractivity contribution in [3.8, 4) is 17.2 Å². The number of benzene rings is 1. The van der Waals surface area contributed by atoms with Gasteiger partial charge in [-0.25, -0.2) is 0 Å². The molecule has 1 aromatic rings. The van der Waals surface area contributed by atoms with Gasteiger partial charge in [-0.15, -0.1) is 6.58 Å². The fourth-order valence-corrected chi connectivity index (χ4v) is 4.96. The van der Waals surface area contributed by atoms with Gasteiger partial charge in [0.05, 0.1) is 28.4 Å². The largest absolute Gasteiger partial charge is 0.493 e. The highest BCUT2D eigenvalue weighted by atomic mass is 16.5. The lowest BCUT2D eigenvalue weighted by Gasteiger charge is -2.39. The van der Waals surface area contributed by atoms with Crippen LogP contribution < -0.4 is 14.2 Å². The van der Waals surface area contributed by atoms with Gasteiger partial charge in [0.15, 0.2) is 11.5 Å². The highest BCUT2D eigenvalue weighted by molar-refractivity contribution is 5.99. The normalized spacial score (nSPS) is 27.9. The van der Waals surface area contributed by atoms with Gasteiger partial charge in [0, 0.05) is 18.4 Å². The maximum Gasteiger partial charge on any atom is 0.229 e. The number of ether oxygens (including phenoxy) is 6. The molecule has 0 radical (unpaired) electrons. The van der Waals surface area contributed by atoms with E-state index in [4.69, 9.17) is 28.4 Å². The van der Waals surface area contributed by atoms with Crippen LogP contribution in [0.15, 0.2) is 36.3 Å². The van der Waals surface area contributed by atoms with E-state index >= 15 is 0 Å². The second-order valence-corrected chi connectivity index (χ2v) is 7.56. The first-order chi connectivity index (χ1) is 14.4. The number of carbonyl (C=O) groups is 1. The summed E-state index contributed by atoms with van der Waals surface area (Å²) >= 11 is 0. The summed E-state index contributed by atoms with van der Waals surface area (Å²) in [5.41, 5.74) is 0.402. The van der Waals surface area contributed by atoms with E-state index in [2.05, 4.69) is 6.58 Å². The van der Waals surface area contributed by atoms with Crippen molar-refractivity contribution in [3.63, 3.8) is 0 Å². The van der Waals surface area contributed by atoms with Gasteiger partial charge in [0.1, 0.15) is 18.0 Å². The Labute approximate surface area is 177 Å². The predicted molar refractivity (Wildman–Crippen MR) is 111 cm³/mol. The van der Waals surface area contributed by atoms with Crippen LogP contribution in [0.3, 0.4) is 0 Å². The Bertz CT molecular complexity index is 834. The summed E-state index contributed by atoms with van der Waals surface area (Å²) in [6, 6.07) is 3.87. The minimum atomic E-state index is -0.623. The Morgan fingerprint density at radius 2 is 1.73 bits per heavy atom. The van der Waals surface area contributed by atoms with Gasteiger partial charge in [-0.1, -0.05) is 6.08 Å². The third-order valence-corrected chi connectivity index (χ3v) is 6.14. The van der Waals surface area contributed by atoms with Crippen LogP contribution in [0.5, 0.6) is 17.2 Å². The van der Waals surface area contributed by atoms with Crippen molar-refractivity contribution in [2.45, 2.75) is 37.9 Å². The monoisotopic (exact) mass is 418 g/mol. The number of hydrogen-bond acceptors (Lipinski definition) is 7. The van der Waals surface area contributed by atoms with Crippen LogP contribution in [0.1, 0.15) is 31.2 Å². The molecule has 4 atom stereocenters. The number of allylic oxidation sites excluding steroid dienone is 2. The molecular formula is C23H30O7. The van der Waals surface area contributed by atoms with Gasteiger partial charge in [-0.3, -0.25) is 4.79 Å². The number of fused-ring (bicyclic) bond motifs is 1. The molecule has 1 aromatic carbocycles. The highest BCUT2D eigenvalue weighted by Gasteiger charge is 2.59. The molecule has 1 fully saturated rings. The average molecular weight is 418 g/mol. The molecule has 0 saturated carbocycles. The average Bonchev–Trinajstić information content (AvgIpc) is 3.03. The van der Waals surface area contributed by atoms with Crippen LogP contribution in [0, 0.1) is 5.41 Å². The lowest BCUT2D eigenvalue weighted by molar-refractivity contribution is -0.132. The first-order valence-corrected chi connectivity index (χ1v) is 9.85. The Hall–Kier alpha value is -2.67. The van der Waals surface area contributed by atoms with Gasteiger partial charge in [0.2, 0.25) is 17.3 Å². The molecule has 164 valence electrons. The second-order valence-electron chi connectivity index (χ2n) is 7.56. The van der Waals surface area contributed by atoms with E-state index in [1.54, 1.807) is 21.3 Å². The Balaban J connectivity index is 2.26. The number of hydrogen-bond donors (Lipinski definition) is 0. The Morgan fingerprint density at radius 1 is 1.10 bits per heavy atom. The highest BCUT2D eigenvalue weighted by Crippen LogP contribution is 2.61. The van der Waals surface area contributed by atoms with Crippen molar-refractivity contribution < 1.29 is 33.2 Å². The number of carbonyl (C=O) groups excluding carboxylic acids is 1. The summed E-state index contributed by atoms with van der Waals surface area (Å²) in [6.07, 6.45) is 2.05. The van der Waals surface area contributed by atoms with E-state index in [1.807, 2.05) is 25.1 Å². The minimum Gasteiger partial charge on any atom is -0.493 e. The predicted octanol–water partition coefficient (Wildman–Crippen LogP) is 3.62. The molecule has 0 bridgehead atoms. The zero-order valence-corrected chi connectivity index (χ0v) is 18.4. The number of ketones is 1. The van der Waals surface area contributed by atoms with Crippen molar-refractivity contribution in [2.75, 3.05) is 35.5 Å². The lowest BCUT2D eigenvalue weighted by atomic mass is 9.63. The summed E-state index contributed by atoms with van der Waals surface area (Å²) in [6.45, 7) is 5.95. The van der Waals surface area contributed by atoms with Crippen molar-refractivity contribution in [3.05, 3.63) is 41.9 Å². The molecule has 1 aliphatic carbocycles. The third kappa shape index (κ3) is 3.21. The Kier molecular flexibility index (Phi) is 6.31. The molecule has 3 rings (SSSR count). The van der Waals surface area contributed by atoms with Crippen molar-refractivity contribution in [1.82, 2.24) is 0 Å². The van der Waals surface area contributed by atoms with E-state index in [-0.39, 0.29) is 23.6 Å². The van der Waals surface area contributed by atoms with E-state index in [0.29, 0.717) is 35.8 Å². The molecule has 7 heteroatoms. The van der Waals surface area contributed by atoms with Crippen LogP contribution >= 0.6 is 0 Å². The van der Waals surface area contributed by atoms with Gasteiger partial charge >= 0.3 is 0 Å². The summed E-state index contributed by atoms with van der Waals surface area (Å²) < 4.78 is 33.9. The molecule has 2 aliphatic rings. The minimum absolute atomic E-state index is 0.116. The van der Waals surface area contributed by atoms with Gasteiger partial charge < -0.3 is 28.4 Å². The molecule has 30 heavy (non-hydrogen) atoms. The van der Waals surface area contributed by atoms with E-state index in [1.165, 1.54) is 14.2 Å². The van der Waals surface area contributed by atoms with E-state index < -0.39 is 11.5 Å². The number of Topliss-reactive ketones (excluding diaryl/α,β-unsaturated/α-hetero) is 1. The van der Waals surface area contributed by atoms with Crippen LogP contribution in [0.2, 0.25) is 0 Å². The first-order valence-electron chi connectivity index (χ1n) is 9.85. The molecule has 1 saturated heterocycles. The van der Waals surface area contributed by atoms with E-state index in [9.17, 15) is 4.79 Å². The molecule has 0 N–H and O–H groups in total. The quantitative estimate of drug-likeness (QED) is 0.597. The van der Waals surface area contributed by atoms with Crippen LogP contribution in [0.4, 0.5) is 0 Å². The molecule has 0 unspecified atom stereocenters. The summed E-state index contributed by atoms with van der Waals surface area (Å²) in [5, 5.41) is 0. The standard InChI is InChI=1S/C23H30O7/c1-8-9-23-12-17(27-5)19(24)21(29-7)22(23)30-13(2)18(23)14-10-15(25-3)20(28-6)16(11-14)26-4/h8,10-11,13,17-18H,1,9,12H2,2-7H3/t13-,17+,18+,23+/m1/s1. The third-order valence-electron chi connectivity index (χ3n) is 6.14. The maximum atomic E-state index is 12.8. The molecule has 1 heterocycles. The number of methoxy groups -OCH3 is 5. The summed E-state index contributed by atoms with van der Waals surface area (Å²) in [5.74, 6) is 2.11. The fourth-order valence-electron chi connectivity index (χ4n) is 4.96. The SMILES string of the molecule is C=CC[C@@]12C[C@H](OC)C(=O)C(OC)=C1O[C@H](C)[C@H]2c1cc(OC)c(OC)c(OC)c1. The summed E-state index contributed by atoms with van der Waals surface area (Å²) in [4.78, 5) is 12.8. The van der Waals surface area contributed by atoms with Crippen molar-refractivity contribution >= 4 is 5.78 Å². The molecule has 0 amide bonds. The maximum absolute atomic E-state index is 12.8. The lowest BCUT2D eigenvalue weighted by Crippen LogP contribution is -2.42. The van der Waals surface area contributed by atoms with Crippen LogP contribution in [-0.2, 0) is 19.0 Å². The Morgan fingerprint density at radius 3 is 2.20 bits per heavy atom. The molecule has 0 aromatic heterocycles. The number of rotatable bonds is 8. The van der Waals surface area contributed by atoms with Crippen molar-refractivity contribution in [2.24, 2.45) is 5.41 Å². The summed E-state index contributed by atoms with van der Waals surface area (Å²) in [7, 11) is 7.77. The molecule has 0 spiro atoms. The van der Waals surface area contributed by atoms with E-state index in [0.717, 1.165) is 5.56 Å². The van der Waals surface area contributed by atoms with Gasteiger partial charge in [-0.2, -0.15) is 0 Å². The van der Waals surface area contributed by atoms with Crippen LogP contribution in [-0.4, -0.2) is 53.5 Å². The zero-order valence-electron chi connectivity index (χ0n) is 18.4. The fraction of sp³-hybridized carbons (Fsp3) is 0.522.